The van der Waals surface area contributed by atoms with Crippen molar-refractivity contribution in [3.63, 3.8) is 0 Å². The van der Waals surface area contributed by atoms with Gasteiger partial charge in [0.2, 0.25) is 5.91 Å². The van der Waals surface area contributed by atoms with E-state index >= 15 is 0 Å². The highest BCUT2D eigenvalue weighted by Crippen LogP contribution is 2.02. The van der Waals surface area contributed by atoms with Crippen LogP contribution in [0.25, 0.3) is 0 Å². The lowest BCUT2D eigenvalue weighted by atomic mass is 10.6. The third kappa shape index (κ3) is 7.71. The smallest absolute Gasteiger partial charge is 0.219 e. The second-order valence-corrected chi connectivity index (χ2v) is 7.42. The molecule has 3 N–H and O–H groups in total. The van der Waals surface area contributed by atoms with E-state index in [2.05, 4.69) is 10.6 Å². The number of hydrogen-bond acceptors (Lipinski definition) is 3. The van der Waals surface area contributed by atoms with Gasteiger partial charge in [-0.05, 0) is 20.1 Å². The van der Waals surface area contributed by atoms with E-state index in [0.29, 0.717) is 6.54 Å². The van der Waals surface area contributed by atoms with E-state index in [1.54, 1.807) is 13.1 Å². The summed E-state index contributed by atoms with van der Waals surface area (Å²) < 4.78 is 0. The van der Waals surface area contributed by atoms with Gasteiger partial charge in [-0.2, -0.15) is 0 Å². The van der Waals surface area contributed by atoms with Crippen molar-refractivity contribution in [3.05, 3.63) is 0 Å². The average molecular weight is 190 g/mol. The minimum atomic E-state index is -2.21. The lowest BCUT2D eigenvalue weighted by molar-refractivity contribution is -0.119. The lowest BCUT2D eigenvalue weighted by Crippen LogP contribution is -2.37. The SMILES string of the molecule is CNCCNC(=O)C[Si](C)(C)O. The van der Waals surface area contributed by atoms with Gasteiger partial charge in [-0.1, -0.05) is 0 Å². The molecule has 4 nitrogen and oxygen atoms in total. The van der Waals surface area contributed by atoms with E-state index in [-0.39, 0.29) is 12.0 Å². The molecule has 0 atom stereocenters. The largest absolute Gasteiger partial charge is 0.432 e. The predicted octanol–water partition coefficient (Wildman–Crippen LogP) is -0.481. The maximum atomic E-state index is 11.1. The van der Waals surface area contributed by atoms with Crippen molar-refractivity contribution < 1.29 is 9.59 Å². The summed E-state index contributed by atoms with van der Waals surface area (Å²) in [7, 11) is -0.383. The van der Waals surface area contributed by atoms with Crippen LogP contribution in [0.4, 0.5) is 0 Å². The molecule has 0 aliphatic heterocycles. The topological polar surface area (TPSA) is 61.4 Å². The molecule has 0 heterocycles. The van der Waals surface area contributed by atoms with Gasteiger partial charge in [-0.25, -0.2) is 0 Å². The third-order valence-corrected chi connectivity index (χ3v) is 2.48. The minimum absolute atomic E-state index is 0.0515. The van der Waals surface area contributed by atoms with Gasteiger partial charge in [-0.3, -0.25) is 4.79 Å². The molecule has 0 aromatic rings. The van der Waals surface area contributed by atoms with Gasteiger partial charge < -0.3 is 15.4 Å². The first-order chi connectivity index (χ1) is 5.45. The molecule has 0 spiro atoms. The highest BCUT2D eigenvalue weighted by atomic mass is 28.4. The molecule has 0 fully saturated rings. The molecule has 0 unspecified atom stereocenters. The van der Waals surface area contributed by atoms with Gasteiger partial charge in [0.05, 0.1) is 0 Å². The Bertz CT molecular complexity index is 145. The van der Waals surface area contributed by atoms with Crippen molar-refractivity contribution in [3.8, 4) is 0 Å². The van der Waals surface area contributed by atoms with Crippen LogP contribution < -0.4 is 10.6 Å². The van der Waals surface area contributed by atoms with Gasteiger partial charge in [0, 0.05) is 19.1 Å². The van der Waals surface area contributed by atoms with Crippen molar-refractivity contribution in [2.75, 3.05) is 20.1 Å². The summed E-state index contributed by atoms with van der Waals surface area (Å²) in [5.41, 5.74) is 0. The van der Waals surface area contributed by atoms with Crippen LogP contribution in [0.1, 0.15) is 0 Å². The van der Waals surface area contributed by atoms with E-state index in [1.807, 2.05) is 7.05 Å². The lowest BCUT2D eigenvalue weighted by Gasteiger charge is -2.13. The summed E-state index contributed by atoms with van der Waals surface area (Å²) in [5, 5.41) is 5.63. The molecule has 0 rings (SSSR count). The number of carbonyl (C=O) groups excluding carboxylic acids is 1. The van der Waals surface area contributed by atoms with E-state index < -0.39 is 8.32 Å². The highest BCUT2D eigenvalue weighted by Gasteiger charge is 2.20. The molecule has 0 aliphatic carbocycles. The van der Waals surface area contributed by atoms with E-state index in [1.165, 1.54) is 0 Å². The molecule has 0 saturated heterocycles. The Morgan fingerprint density at radius 2 is 2.00 bits per heavy atom. The zero-order chi connectivity index (χ0) is 9.61. The van der Waals surface area contributed by atoms with Crippen molar-refractivity contribution in [1.82, 2.24) is 10.6 Å². The van der Waals surface area contributed by atoms with Crippen molar-refractivity contribution in [1.29, 1.82) is 0 Å². The third-order valence-electron chi connectivity index (χ3n) is 1.29. The number of likely N-dealkylation sites (N-methyl/N-ethyl adjacent to an activating group) is 1. The molecule has 1 amide bonds. The molecule has 0 aromatic carbocycles. The van der Waals surface area contributed by atoms with Crippen LogP contribution in [0, 0.1) is 0 Å². The van der Waals surface area contributed by atoms with Crippen LogP contribution in [0.15, 0.2) is 0 Å². The molecule has 0 aliphatic rings. The summed E-state index contributed by atoms with van der Waals surface area (Å²) in [5.74, 6) is -0.0515. The Hall–Kier alpha value is -0.393. The molecule has 5 heteroatoms. The molecular formula is C7H18N2O2Si. The van der Waals surface area contributed by atoms with Crippen LogP contribution in [0.2, 0.25) is 19.1 Å². The summed E-state index contributed by atoms with van der Waals surface area (Å²) in [6.07, 6.45) is 0. The minimum Gasteiger partial charge on any atom is -0.432 e. The highest BCUT2D eigenvalue weighted by molar-refractivity contribution is 6.72. The zero-order valence-corrected chi connectivity index (χ0v) is 8.98. The van der Waals surface area contributed by atoms with Crippen LogP contribution in [0.3, 0.4) is 0 Å². The predicted molar refractivity (Wildman–Crippen MR) is 51.4 cm³/mol. The molecule has 0 saturated carbocycles. The number of carbonyl (C=O) groups is 1. The number of rotatable bonds is 5. The Morgan fingerprint density at radius 3 is 2.42 bits per heavy atom. The normalized spacial score (nSPS) is 11.3. The van der Waals surface area contributed by atoms with Crippen molar-refractivity contribution >= 4 is 14.2 Å². The number of nitrogens with one attached hydrogen (secondary N) is 2. The van der Waals surface area contributed by atoms with Gasteiger partial charge >= 0.3 is 0 Å². The molecule has 12 heavy (non-hydrogen) atoms. The Labute approximate surface area is 74.5 Å². The Balaban J connectivity index is 3.47. The number of amides is 1. The van der Waals surface area contributed by atoms with Crippen LogP contribution >= 0.6 is 0 Å². The van der Waals surface area contributed by atoms with Gasteiger partial charge in [0.25, 0.3) is 0 Å². The molecule has 0 aromatic heterocycles. The molecular weight excluding hydrogens is 172 g/mol. The second kappa shape index (κ2) is 5.29. The Morgan fingerprint density at radius 1 is 1.42 bits per heavy atom. The van der Waals surface area contributed by atoms with Crippen molar-refractivity contribution in [2.45, 2.75) is 19.1 Å². The average Bonchev–Trinajstić information content (AvgIpc) is 1.84. The van der Waals surface area contributed by atoms with E-state index in [9.17, 15) is 9.59 Å². The molecule has 0 radical (unpaired) electrons. The van der Waals surface area contributed by atoms with E-state index in [4.69, 9.17) is 0 Å². The maximum Gasteiger partial charge on any atom is 0.219 e. The van der Waals surface area contributed by atoms with Crippen LogP contribution in [-0.4, -0.2) is 39.2 Å². The fourth-order valence-corrected chi connectivity index (χ4v) is 1.69. The second-order valence-electron chi connectivity index (χ2n) is 3.44. The summed E-state index contributed by atoms with van der Waals surface area (Å²) in [4.78, 5) is 20.5. The van der Waals surface area contributed by atoms with Crippen molar-refractivity contribution in [2.24, 2.45) is 0 Å². The van der Waals surface area contributed by atoms with Gasteiger partial charge in [0.1, 0.15) is 0 Å². The van der Waals surface area contributed by atoms with Crippen LogP contribution in [0.5, 0.6) is 0 Å². The summed E-state index contributed by atoms with van der Waals surface area (Å²) in [6.45, 7) is 4.90. The van der Waals surface area contributed by atoms with E-state index in [0.717, 1.165) is 6.54 Å². The fourth-order valence-electron chi connectivity index (χ4n) is 0.782. The summed E-state index contributed by atoms with van der Waals surface area (Å²) >= 11 is 0. The fraction of sp³-hybridized carbons (Fsp3) is 0.857. The maximum absolute atomic E-state index is 11.1. The monoisotopic (exact) mass is 190 g/mol. The quantitative estimate of drug-likeness (QED) is 0.405. The first-order valence-corrected chi connectivity index (χ1v) is 7.25. The molecule has 0 bridgehead atoms. The summed E-state index contributed by atoms with van der Waals surface area (Å²) in [6, 6.07) is 0.288. The zero-order valence-electron chi connectivity index (χ0n) is 7.98. The Kier molecular flexibility index (Phi) is 5.11. The van der Waals surface area contributed by atoms with Crippen LogP contribution in [-0.2, 0) is 4.79 Å². The van der Waals surface area contributed by atoms with Gasteiger partial charge in [-0.15, -0.1) is 0 Å². The first-order valence-electron chi connectivity index (χ1n) is 4.09. The van der Waals surface area contributed by atoms with Gasteiger partial charge in [0.15, 0.2) is 8.32 Å². The number of hydrogen-bond donors (Lipinski definition) is 3. The first kappa shape index (κ1) is 11.6. The standard InChI is InChI=1S/C7H18N2O2Si/c1-8-4-5-9-7(10)6-12(2,3)11/h8,11H,4-6H2,1-3H3,(H,9,10). The molecule has 72 valence electrons.